The second-order valence-electron chi connectivity index (χ2n) is 11.2. The second-order valence-corrected chi connectivity index (χ2v) is 11.2. The van der Waals surface area contributed by atoms with Gasteiger partial charge in [0.2, 0.25) is 0 Å². The monoisotopic (exact) mass is 488 g/mol. The summed E-state index contributed by atoms with van der Waals surface area (Å²) < 4.78 is 11.3. The van der Waals surface area contributed by atoms with E-state index < -0.39 is 5.41 Å². The van der Waals surface area contributed by atoms with Crippen molar-refractivity contribution in [3.8, 4) is 0 Å². The molecule has 6 nitrogen and oxygen atoms in total. The van der Waals surface area contributed by atoms with Gasteiger partial charge in [-0.15, -0.1) is 0 Å². The van der Waals surface area contributed by atoms with Gasteiger partial charge in [-0.25, -0.2) is 4.79 Å². The van der Waals surface area contributed by atoms with Crippen molar-refractivity contribution in [2.24, 2.45) is 11.3 Å². The fourth-order valence-electron chi connectivity index (χ4n) is 6.43. The molecule has 1 aromatic rings. The molecule has 2 aliphatic carbocycles. The lowest BCUT2D eigenvalue weighted by atomic mass is 9.49. The summed E-state index contributed by atoms with van der Waals surface area (Å²) >= 11 is 0. The van der Waals surface area contributed by atoms with Crippen molar-refractivity contribution in [1.29, 1.82) is 0 Å². The molecule has 0 bridgehead atoms. The number of fused-ring (bicyclic) bond motifs is 3. The largest absolute Gasteiger partial charge is 0.465 e. The maximum atomic E-state index is 13.3. The standard InChI is InChI=1S/C29H44O6/c1-20(2)22-18-21-10-11-25-28(3,24(21)19-23(22)26(32)34-16-7-5-14-30)12-9-13-29(25,4)27(33)35-17-8-6-15-31/h18-20,25,30-31H,5-17H2,1-4H3. The third kappa shape index (κ3) is 5.75. The molecule has 0 aliphatic heterocycles. The van der Waals surface area contributed by atoms with E-state index in [2.05, 4.69) is 39.8 Å². The van der Waals surface area contributed by atoms with Crippen LogP contribution in [0.5, 0.6) is 0 Å². The number of hydrogen-bond donors (Lipinski definition) is 2. The normalized spacial score (nSPS) is 25.6. The molecule has 1 fully saturated rings. The van der Waals surface area contributed by atoms with Crippen LogP contribution in [0.4, 0.5) is 0 Å². The number of aliphatic hydroxyl groups is 2. The molecule has 3 atom stereocenters. The van der Waals surface area contributed by atoms with E-state index in [0.29, 0.717) is 44.5 Å². The lowest BCUT2D eigenvalue weighted by Crippen LogP contribution is -2.53. The SMILES string of the molecule is CC(C)c1cc2c(cc1C(=O)OCCCCO)C1(C)CCCC(C)(C(=O)OCCCCO)C1CC2. The van der Waals surface area contributed by atoms with E-state index in [1.807, 2.05) is 0 Å². The summed E-state index contributed by atoms with van der Waals surface area (Å²) in [5, 5.41) is 18.0. The van der Waals surface area contributed by atoms with E-state index in [4.69, 9.17) is 19.7 Å². The number of unbranched alkanes of at least 4 members (excludes halogenated alkanes) is 2. The first kappa shape index (κ1) is 27.7. The van der Waals surface area contributed by atoms with Gasteiger partial charge in [0, 0.05) is 13.2 Å². The number of carbonyl (C=O) groups is 2. The van der Waals surface area contributed by atoms with Crippen molar-refractivity contribution < 1.29 is 29.3 Å². The number of carbonyl (C=O) groups excluding carboxylic acids is 2. The minimum absolute atomic E-state index is 0.0933. The average Bonchev–Trinajstić information content (AvgIpc) is 2.83. The van der Waals surface area contributed by atoms with Gasteiger partial charge in [0.15, 0.2) is 0 Å². The van der Waals surface area contributed by atoms with Gasteiger partial charge in [0.25, 0.3) is 0 Å². The Morgan fingerprint density at radius 3 is 2.29 bits per heavy atom. The molecule has 3 unspecified atom stereocenters. The first-order valence-corrected chi connectivity index (χ1v) is 13.4. The summed E-state index contributed by atoms with van der Waals surface area (Å²) in [7, 11) is 0. The number of aryl methyl sites for hydroxylation is 1. The lowest BCUT2D eigenvalue weighted by Gasteiger charge is -2.54. The number of hydrogen-bond acceptors (Lipinski definition) is 6. The molecule has 3 rings (SSSR count). The Kier molecular flexibility index (Phi) is 9.39. The van der Waals surface area contributed by atoms with E-state index in [-0.39, 0.29) is 42.4 Å². The third-order valence-corrected chi connectivity index (χ3v) is 8.40. The van der Waals surface area contributed by atoms with Gasteiger partial charge in [0.1, 0.15) is 0 Å². The minimum atomic E-state index is -0.564. The molecule has 6 heteroatoms. The summed E-state index contributed by atoms with van der Waals surface area (Å²) in [5.74, 6) is -0.101. The van der Waals surface area contributed by atoms with Gasteiger partial charge in [-0.1, -0.05) is 33.3 Å². The quantitative estimate of drug-likeness (QED) is 0.334. The molecule has 0 heterocycles. The fourth-order valence-corrected chi connectivity index (χ4v) is 6.43. The Bertz CT molecular complexity index is 893. The molecule has 0 spiro atoms. The highest BCUT2D eigenvalue weighted by Gasteiger charge is 2.56. The number of rotatable bonds is 11. The topological polar surface area (TPSA) is 93.1 Å². The zero-order valence-electron chi connectivity index (χ0n) is 22.0. The molecular formula is C29H44O6. The molecule has 35 heavy (non-hydrogen) atoms. The highest BCUT2D eigenvalue weighted by molar-refractivity contribution is 5.92. The van der Waals surface area contributed by atoms with Gasteiger partial charge in [-0.2, -0.15) is 0 Å². The molecule has 0 saturated heterocycles. The van der Waals surface area contributed by atoms with E-state index >= 15 is 0 Å². The van der Waals surface area contributed by atoms with E-state index in [0.717, 1.165) is 37.7 Å². The van der Waals surface area contributed by atoms with Crippen molar-refractivity contribution in [3.05, 3.63) is 34.4 Å². The van der Waals surface area contributed by atoms with Crippen molar-refractivity contribution in [2.75, 3.05) is 26.4 Å². The molecule has 0 radical (unpaired) electrons. The summed E-state index contributed by atoms with van der Waals surface area (Å²) in [5.41, 5.74) is 3.32. The molecule has 0 amide bonds. The molecule has 2 N–H and O–H groups in total. The van der Waals surface area contributed by atoms with E-state index in [9.17, 15) is 9.59 Å². The Morgan fingerprint density at radius 2 is 1.66 bits per heavy atom. The lowest BCUT2D eigenvalue weighted by molar-refractivity contribution is -0.164. The zero-order valence-corrected chi connectivity index (χ0v) is 22.0. The predicted octanol–water partition coefficient (Wildman–Crippen LogP) is 5.07. The smallest absolute Gasteiger partial charge is 0.338 e. The van der Waals surface area contributed by atoms with Crippen molar-refractivity contribution in [1.82, 2.24) is 0 Å². The zero-order chi connectivity index (χ0) is 25.6. The van der Waals surface area contributed by atoms with Crippen molar-refractivity contribution >= 4 is 11.9 Å². The third-order valence-electron chi connectivity index (χ3n) is 8.40. The van der Waals surface area contributed by atoms with Crippen LogP contribution in [0, 0.1) is 11.3 Å². The van der Waals surface area contributed by atoms with Crippen molar-refractivity contribution in [3.63, 3.8) is 0 Å². The average molecular weight is 489 g/mol. The summed E-state index contributed by atoms with van der Waals surface area (Å²) in [4.78, 5) is 26.4. The predicted molar refractivity (Wildman–Crippen MR) is 136 cm³/mol. The van der Waals surface area contributed by atoms with Crippen LogP contribution in [0.1, 0.15) is 112 Å². The van der Waals surface area contributed by atoms with Crippen LogP contribution in [0.2, 0.25) is 0 Å². The molecule has 196 valence electrons. The molecular weight excluding hydrogens is 444 g/mol. The Hall–Kier alpha value is -1.92. The van der Waals surface area contributed by atoms with Crippen LogP contribution in [0.3, 0.4) is 0 Å². The van der Waals surface area contributed by atoms with Gasteiger partial charge in [0.05, 0.1) is 24.2 Å². The van der Waals surface area contributed by atoms with Gasteiger partial charge < -0.3 is 19.7 Å². The van der Waals surface area contributed by atoms with Crippen molar-refractivity contribution in [2.45, 2.75) is 96.8 Å². The van der Waals surface area contributed by atoms with Crippen LogP contribution in [-0.2, 0) is 26.1 Å². The van der Waals surface area contributed by atoms with Gasteiger partial charge in [-0.3, -0.25) is 4.79 Å². The first-order valence-electron chi connectivity index (χ1n) is 13.4. The van der Waals surface area contributed by atoms with Crippen LogP contribution >= 0.6 is 0 Å². The number of benzene rings is 1. The molecule has 0 aromatic heterocycles. The number of esters is 2. The van der Waals surface area contributed by atoms with Gasteiger partial charge >= 0.3 is 11.9 Å². The molecule has 2 aliphatic rings. The summed E-state index contributed by atoms with van der Waals surface area (Å²) in [6, 6.07) is 4.26. The summed E-state index contributed by atoms with van der Waals surface area (Å²) in [6.45, 7) is 9.37. The maximum Gasteiger partial charge on any atom is 0.338 e. The van der Waals surface area contributed by atoms with E-state index in [1.165, 1.54) is 11.1 Å². The Labute approximate surface area is 210 Å². The molecule has 1 saturated carbocycles. The van der Waals surface area contributed by atoms with E-state index in [1.54, 1.807) is 0 Å². The summed E-state index contributed by atoms with van der Waals surface area (Å²) in [6.07, 6.45) is 7.09. The first-order chi connectivity index (χ1) is 16.7. The second kappa shape index (κ2) is 11.9. The highest BCUT2D eigenvalue weighted by atomic mass is 16.5. The maximum absolute atomic E-state index is 13.3. The molecule has 1 aromatic carbocycles. The minimum Gasteiger partial charge on any atom is -0.465 e. The van der Waals surface area contributed by atoms with Crippen LogP contribution in [-0.4, -0.2) is 48.6 Å². The Morgan fingerprint density at radius 1 is 1.00 bits per heavy atom. The Balaban J connectivity index is 1.92. The number of aliphatic hydroxyl groups excluding tert-OH is 2. The highest BCUT2D eigenvalue weighted by Crippen LogP contribution is 2.58. The number of ether oxygens (including phenoxy) is 2. The van der Waals surface area contributed by atoms with Crippen LogP contribution < -0.4 is 0 Å². The van der Waals surface area contributed by atoms with Crippen LogP contribution in [0.25, 0.3) is 0 Å². The fraction of sp³-hybridized carbons (Fsp3) is 0.724. The van der Waals surface area contributed by atoms with Gasteiger partial charge in [-0.05, 0) is 98.3 Å². The van der Waals surface area contributed by atoms with Crippen LogP contribution in [0.15, 0.2) is 12.1 Å².